The van der Waals surface area contributed by atoms with Gasteiger partial charge in [-0.1, -0.05) is 29.3 Å². The SMILES string of the molecule is Cn1c(Nc2cn[nH]c2)nc2c1c(=O)n(Cc1ccc(Cl)c(Cl)c1)c(=O)n2C. The highest BCUT2D eigenvalue weighted by molar-refractivity contribution is 6.42. The van der Waals surface area contributed by atoms with Gasteiger partial charge < -0.3 is 9.88 Å². The predicted octanol–water partition coefficient (Wildman–Crippen LogP) is 2.26. The van der Waals surface area contributed by atoms with Crippen molar-refractivity contribution >= 4 is 46.0 Å². The van der Waals surface area contributed by atoms with E-state index < -0.39 is 11.2 Å². The quantitative estimate of drug-likeness (QED) is 0.527. The van der Waals surface area contributed by atoms with Crippen LogP contribution in [0.5, 0.6) is 0 Å². The maximum Gasteiger partial charge on any atom is 0.332 e. The highest BCUT2D eigenvalue weighted by Crippen LogP contribution is 2.23. The predicted molar refractivity (Wildman–Crippen MR) is 108 cm³/mol. The fraction of sp³-hybridized carbons (Fsp3) is 0.176. The van der Waals surface area contributed by atoms with Gasteiger partial charge in [-0.2, -0.15) is 10.1 Å². The Balaban J connectivity index is 1.86. The molecule has 4 rings (SSSR count). The lowest BCUT2D eigenvalue weighted by atomic mass is 10.2. The number of halogens is 2. The van der Waals surface area contributed by atoms with Crippen LogP contribution in [0.2, 0.25) is 10.0 Å². The van der Waals surface area contributed by atoms with Crippen molar-refractivity contribution in [1.29, 1.82) is 0 Å². The van der Waals surface area contributed by atoms with Crippen LogP contribution in [0.15, 0.2) is 40.2 Å². The Bertz CT molecular complexity index is 1300. The molecular formula is C17H15Cl2N7O2. The Labute approximate surface area is 168 Å². The Hall–Kier alpha value is -3.04. The molecule has 0 spiro atoms. The van der Waals surface area contributed by atoms with Gasteiger partial charge in [0.25, 0.3) is 5.56 Å². The molecule has 0 atom stereocenters. The number of imidazole rings is 1. The van der Waals surface area contributed by atoms with Crippen LogP contribution >= 0.6 is 23.2 Å². The Morgan fingerprint density at radius 1 is 1.14 bits per heavy atom. The highest BCUT2D eigenvalue weighted by Gasteiger charge is 2.19. The van der Waals surface area contributed by atoms with Gasteiger partial charge in [-0.05, 0) is 17.7 Å². The van der Waals surface area contributed by atoms with Gasteiger partial charge in [-0.15, -0.1) is 0 Å². The van der Waals surface area contributed by atoms with Crippen molar-refractivity contribution in [1.82, 2.24) is 28.9 Å². The van der Waals surface area contributed by atoms with Crippen LogP contribution in [0.1, 0.15) is 5.56 Å². The van der Waals surface area contributed by atoms with E-state index in [0.717, 1.165) is 4.57 Å². The van der Waals surface area contributed by atoms with Gasteiger partial charge in [-0.25, -0.2) is 4.79 Å². The first-order chi connectivity index (χ1) is 13.4. The lowest BCUT2D eigenvalue weighted by Crippen LogP contribution is -2.39. The van der Waals surface area contributed by atoms with Crippen LogP contribution in [0.25, 0.3) is 11.2 Å². The molecule has 0 amide bonds. The van der Waals surface area contributed by atoms with Gasteiger partial charge in [-0.3, -0.25) is 19.0 Å². The standard InChI is InChI=1S/C17H15Cl2N7O2/c1-24-13-14(23-16(24)22-10-6-20-21-7-10)25(2)17(28)26(15(13)27)8-9-3-4-11(18)12(19)5-9/h3-7H,8H2,1-2H3,(H,20,21)(H,22,23). The zero-order valence-electron chi connectivity index (χ0n) is 14.9. The number of aryl methyl sites for hydroxylation is 2. The summed E-state index contributed by atoms with van der Waals surface area (Å²) in [5, 5.41) is 10.4. The topological polar surface area (TPSA) is 103 Å². The Morgan fingerprint density at radius 2 is 1.93 bits per heavy atom. The van der Waals surface area contributed by atoms with E-state index in [0.29, 0.717) is 32.8 Å². The van der Waals surface area contributed by atoms with Crippen molar-refractivity contribution in [3.63, 3.8) is 0 Å². The van der Waals surface area contributed by atoms with Crippen LogP contribution in [-0.4, -0.2) is 28.9 Å². The van der Waals surface area contributed by atoms with Crippen LogP contribution in [0.3, 0.4) is 0 Å². The molecule has 0 radical (unpaired) electrons. The van der Waals surface area contributed by atoms with E-state index in [-0.39, 0.29) is 12.2 Å². The van der Waals surface area contributed by atoms with E-state index >= 15 is 0 Å². The van der Waals surface area contributed by atoms with Crippen molar-refractivity contribution in [3.05, 3.63) is 67.0 Å². The summed E-state index contributed by atoms with van der Waals surface area (Å²) in [5.41, 5.74) is 1.03. The molecule has 3 aromatic heterocycles. The lowest BCUT2D eigenvalue weighted by molar-refractivity contribution is 0.655. The fourth-order valence-electron chi connectivity index (χ4n) is 2.96. The van der Waals surface area contributed by atoms with Crippen molar-refractivity contribution in [2.75, 3.05) is 5.32 Å². The summed E-state index contributed by atoms with van der Waals surface area (Å²) in [5.74, 6) is 0.413. The summed E-state index contributed by atoms with van der Waals surface area (Å²) < 4.78 is 4.09. The fourth-order valence-corrected chi connectivity index (χ4v) is 3.28. The molecule has 0 aliphatic heterocycles. The molecule has 11 heteroatoms. The second-order valence-electron chi connectivity index (χ2n) is 6.26. The molecule has 144 valence electrons. The number of aromatic nitrogens is 6. The third kappa shape index (κ3) is 2.98. The van der Waals surface area contributed by atoms with Crippen LogP contribution in [-0.2, 0) is 20.6 Å². The van der Waals surface area contributed by atoms with Crippen LogP contribution in [0.4, 0.5) is 11.6 Å². The summed E-state index contributed by atoms with van der Waals surface area (Å²) in [6.07, 6.45) is 3.24. The molecule has 0 aliphatic rings. The minimum absolute atomic E-state index is 0.0635. The number of anilines is 2. The first kappa shape index (κ1) is 18.3. The minimum Gasteiger partial charge on any atom is -0.323 e. The molecule has 4 aromatic rings. The number of hydrogen-bond donors (Lipinski definition) is 2. The van der Waals surface area contributed by atoms with Crippen LogP contribution in [0, 0.1) is 0 Å². The Kier molecular flexibility index (Phi) is 4.48. The molecule has 28 heavy (non-hydrogen) atoms. The molecule has 0 saturated carbocycles. The number of benzene rings is 1. The number of aromatic amines is 1. The smallest absolute Gasteiger partial charge is 0.323 e. The summed E-state index contributed by atoms with van der Waals surface area (Å²) >= 11 is 12.0. The Morgan fingerprint density at radius 3 is 2.61 bits per heavy atom. The van der Waals surface area contributed by atoms with Gasteiger partial charge in [0.05, 0.1) is 28.5 Å². The van der Waals surface area contributed by atoms with Crippen LogP contribution < -0.4 is 16.6 Å². The highest BCUT2D eigenvalue weighted by atomic mass is 35.5. The second kappa shape index (κ2) is 6.84. The molecule has 0 fully saturated rings. The van der Waals surface area contributed by atoms with Crippen molar-refractivity contribution in [3.8, 4) is 0 Å². The van der Waals surface area contributed by atoms with Gasteiger partial charge in [0, 0.05) is 20.3 Å². The molecule has 0 bridgehead atoms. The van der Waals surface area contributed by atoms with Gasteiger partial charge >= 0.3 is 5.69 Å². The number of nitrogens with one attached hydrogen (secondary N) is 2. The molecular weight excluding hydrogens is 405 g/mol. The number of rotatable bonds is 4. The van der Waals surface area contributed by atoms with E-state index in [4.69, 9.17) is 23.2 Å². The molecule has 0 unspecified atom stereocenters. The molecule has 2 N–H and O–H groups in total. The zero-order valence-corrected chi connectivity index (χ0v) is 16.4. The van der Waals surface area contributed by atoms with E-state index in [2.05, 4.69) is 20.5 Å². The number of nitrogens with zero attached hydrogens (tertiary/aromatic N) is 5. The molecule has 0 aliphatic carbocycles. The molecule has 1 aromatic carbocycles. The van der Waals surface area contributed by atoms with E-state index in [1.165, 1.54) is 4.57 Å². The largest absolute Gasteiger partial charge is 0.332 e. The average Bonchev–Trinajstić information content (AvgIpc) is 3.29. The first-order valence-electron chi connectivity index (χ1n) is 8.23. The maximum atomic E-state index is 13.1. The van der Waals surface area contributed by atoms with Crippen molar-refractivity contribution in [2.24, 2.45) is 14.1 Å². The summed E-state index contributed by atoms with van der Waals surface area (Å²) in [4.78, 5) is 30.3. The normalized spacial score (nSPS) is 11.3. The van der Waals surface area contributed by atoms with Gasteiger partial charge in [0.15, 0.2) is 11.2 Å². The first-order valence-corrected chi connectivity index (χ1v) is 8.98. The minimum atomic E-state index is -0.475. The summed E-state index contributed by atoms with van der Waals surface area (Å²) in [6, 6.07) is 4.98. The van der Waals surface area contributed by atoms with Crippen molar-refractivity contribution in [2.45, 2.75) is 6.54 Å². The second-order valence-corrected chi connectivity index (χ2v) is 7.07. The third-order valence-electron chi connectivity index (χ3n) is 4.44. The number of hydrogen-bond acceptors (Lipinski definition) is 5. The van der Waals surface area contributed by atoms with Crippen molar-refractivity contribution < 1.29 is 0 Å². The molecule has 9 nitrogen and oxygen atoms in total. The maximum absolute atomic E-state index is 13.1. The average molecular weight is 420 g/mol. The van der Waals surface area contributed by atoms with Gasteiger partial charge in [0.2, 0.25) is 5.95 Å². The zero-order chi connectivity index (χ0) is 20.0. The molecule has 3 heterocycles. The summed E-state index contributed by atoms with van der Waals surface area (Å²) in [7, 11) is 3.28. The summed E-state index contributed by atoms with van der Waals surface area (Å²) in [6.45, 7) is 0.0635. The monoisotopic (exact) mass is 419 g/mol. The molecule has 0 saturated heterocycles. The lowest BCUT2D eigenvalue weighted by Gasteiger charge is -2.09. The number of H-pyrrole nitrogens is 1. The third-order valence-corrected chi connectivity index (χ3v) is 5.18. The van der Waals surface area contributed by atoms with E-state index in [9.17, 15) is 9.59 Å². The van der Waals surface area contributed by atoms with E-state index in [1.54, 1.807) is 49.3 Å². The number of fused-ring (bicyclic) bond motifs is 1. The van der Waals surface area contributed by atoms with Gasteiger partial charge in [0.1, 0.15) is 0 Å². The van der Waals surface area contributed by atoms with E-state index in [1.807, 2.05) is 0 Å².